The van der Waals surface area contributed by atoms with E-state index in [9.17, 15) is 0 Å². The zero-order chi connectivity index (χ0) is 15.2. The van der Waals surface area contributed by atoms with E-state index in [0.29, 0.717) is 5.15 Å². The van der Waals surface area contributed by atoms with E-state index in [4.69, 9.17) is 16.3 Å². The highest BCUT2D eigenvalue weighted by atomic mass is 35.5. The fourth-order valence-electron chi connectivity index (χ4n) is 2.00. The van der Waals surface area contributed by atoms with E-state index < -0.39 is 0 Å². The third kappa shape index (κ3) is 4.33. The second kappa shape index (κ2) is 7.27. The predicted molar refractivity (Wildman–Crippen MR) is 86.5 cm³/mol. The highest BCUT2D eigenvalue weighted by Gasteiger charge is 2.09. The Morgan fingerprint density at radius 1 is 1.19 bits per heavy atom. The van der Waals surface area contributed by atoms with E-state index in [2.05, 4.69) is 22.2 Å². The Bertz CT molecular complexity index is 585. The van der Waals surface area contributed by atoms with Crippen molar-refractivity contribution in [2.75, 3.05) is 5.32 Å². The number of nitrogens with one attached hydrogen (secondary N) is 1. The molecule has 0 aliphatic rings. The Balaban J connectivity index is 2.16. The highest BCUT2D eigenvalue weighted by Crippen LogP contribution is 2.25. The van der Waals surface area contributed by atoms with Crippen LogP contribution >= 0.6 is 11.6 Å². The van der Waals surface area contributed by atoms with Crippen LogP contribution in [0.1, 0.15) is 32.8 Å². The lowest BCUT2D eigenvalue weighted by Crippen LogP contribution is -2.05. The molecule has 0 amide bonds. The molecule has 2 aromatic rings. The molecule has 112 valence electrons. The van der Waals surface area contributed by atoms with E-state index in [1.165, 1.54) is 6.33 Å². The van der Waals surface area contributed by atoms with Crippen LogP contribution < -0.4 is 10.1 Å². The molecule has 1 heterocycles. The minimum Gasteiger partial charge on any atom is -0.491 e. The molecule has 0 saturated carbocycles. The minimum atomic E-state index is 0.167. The number of nitrogens with zero attached hydrogens (tertiary/aromatic N) is 2. The molecule has 2 rings (SSSR count). The summed E-state index contributed by atoms with van der Waals surface area (Å²) < 4.78 is 5.63. The maximum Gasteiger partial charge on any atom is 0.138 e. The van der Waals surface area contributed by atoms with Gasteiger partial charge in [-0.15, -0.1) is 0 Å². The average molecular weight is 306 g/mol. The van der Waals surface area contributed by atoms with E-state index in [1.807, 2.05) is 38.1 Å². The van der Waals surface area contributed by atoms with Crippen molar-refractivity contribution in [1.29, 1.82) is 0 Å². The number of rotatable bonds is 6. The summed E-state index contributed by atoms with van der Waals surface area (Å²) in [5.41, 5.74) is 1.89. The van der Waals surface area contributed by atoms with Crippen LogP contribution in [0.4, 0.5) is 11.5 Å². The summed E-state index contributed by atoms with van der Waals surface area (Å²) in [7, 11) is 0. The average Bonchev–Trinajstić information content (AvgIpc) is 2.44. The zero-order valence-electron chi connectivity index (χ0n) is 12.6. The van der Waals surface area contributed by atoms with Crippen molar-refractivity contribution >= 4 is 23.1 Å². The maximum atomic E-state index is 6.15. The van der Waals surface area contributed by atoms with Crippen LogP contribution in [0.5, 0.6) is 5.75 Å². The van der Waals surface area contributed by atoms with E-state index in [0.717, 1.165) is 35.7 Å². The zero-order valence-corrected chi connectivity index (χ0v) is 13.3. The molecular weight excluding hydrogens is 286 g/mol. The van der Waals surface area contributed by atoms with E-state index >= 15 is 0 Å². The van der Waals surface area contributed by atoms with Gasteiger partial charge in [-0.05, 0) is 44.5 Å². The molecule has 0 spiro atoms. The minimum absolute atomic E-state index is 0.167. The molecule has 0 aliphatic heterocycles. The van der Waals surface area contributed by atoms with E-state index in [1.54, 1.807) is 0 Å². The van der Waals surface area contributed by atoms with Gasteiger partial charge >= 0.3 is 0 Å². The molecule has 0 radical (unpaired) electrons. The largest absolute Gasteiger partial charge is 0.491 e. The van der Waals surface area contributed by atoms with Crippen LogP contribution in [-0.4, -0.2) is 16.1 Å². The molecule has 1 aromatic carbocycles. The summed E-state index contributed by atoms with van der Waals surface area (Å²) in [5, 5.41) is 3.80. The van der Waals surface area contributed by atoms with Gasteiger partial charge in [0.15, 0.2) is 0 Å². The van der Waals surface area contributed by atoms with Crippen molar-refractivity contribution in [3.63, 3.8) is 0 Å². The summed E-state index contributed by atoms with van der Waals surface area (Å²) in [4.78, 5) is 8.33. The Kier molecular flexibility index (Phi) is 5.39. The summed E-state index contributed by atoms with van der Waals surface area (Å²) in [6.45, 7) is 6.11. The van der Waals surface area contributed by atoms with Crippen LogP contribution in [0.15, 0.2) is 30.6 Å². The monoisotopic (exact) mass is 305 g/mol. The fraction of sp³-hybridized carbons (Fsp3) is 0.375. The second-order valence-electron chi connectivity index (χ2n) is 5.06. The standard InChI is InChI=1S/C16H20ClN3O/c1-4-5-14-15(17)18-10-19-16(14)20-12-6-8-13(9-7-12)21-11(2)3/h6-11H,4-5H2,1-3H3,(H,18,19,20). The number of aromatic nitrogens is 2. The molecule has 4 nitrogen and oxygen atoms in total. The van der Waals surface area contributed by atoms with Crippen molar-refractivity contribution in [3.05, 3.63) is 41.3 Å². The number of ether oxygens (including phenoxy) is 1. The summed E-state index contributed by atoms with van der Waals surface area (Å²) in [6, 6.07) is 7.79. The molecule has 5 heteroatoms. The predicted octanol–water partition coefficient (Wildman–Crippen LogP) is 4.61. The molecule has 0 fully saturated rings. The van der Waals surface area contributed by atoms with Crippen molar-refractivity contribution in [2.24, 2.45) is 0 Å². The lowest BCUT2D eigenvalue weighted by molar-refractivity contribution is 0.242. The van der Waals surface area contributed by atoms with Gasteiger partial charge in [0, 0.05) is 11.3 Å². The first kappa shape index (κ1) is 15.6. The van der Waals surface area contributed by atoms with E-state index in [-0.39, 0.29) is 6.10 Å². The van der Waals surface area contributed by atoms with Gasteiger partial charge in [-0.25, -0.2) is 9.97 Å². The molecule has 0 bridgehead atoms. The van der Waals surface area contributed by atoms with Gasteiger partial charge < -0.3 is 10.1 Å². The van der Waals surface area contributed by atoms with Crippen LogP contribution in [0.25, 0.3) is 0 Å². The third-order valence-electron chi connectivity index (χ3n) is 2.88. The van der Waals surface area contributed by atoms with Gasteiger partial charge in [-0.3, -0.25) is 0 Å². The lowest BCUT2D eigenvalue weighted by Gasteiger charge is -2.13. The fourth-order valence-corrected chi connectivity index (χ4v) is 2.22. The molecule has 1 N–H and O–H groups in total. The maximum absolute atomic E-state index is 6.15. The van der Waals surface area contributed by atoms with Crippen LogP contribution in [0, 0.1) is 0 Å². The van der Waals surface area contributed by atoms with Crippen molar-refractivity contribution in [2.45, 2.75) is 39.7 Å². The number of hydrogen-bond acceptors (Lipinski definition) is 4. The lowest BCUT2D eigenvalue weighted by atomic mass is 10.2. The van der Waals surface area contributed by atoms with Crippen molar-refractivity contribution in [3.8, 4) is 5.75 Å². The SMILES string of the molecule is CCCc1c(Cl)ncnc1Nc1ccc(OC(C)C)cc1. The van der Waals surface area contributed by atoms with Gasteiger partial charge in [-0.2, -0.15) is 0 Å². The van der Waals surface area contributed by atoms with Crippen LogP contribution in [0.2, 0.25) is 5.15 Å². The number of hydrogen-bond donors (Lipinski definition) is 1. The first-order valence-corrected chi connectivity index (χ1v) is 7.51. The molecule has 0 atom stereocenters. The molecule has 0 saturated heterocycles. The normalized spacial score (nSPS) is 10.7. The van der Waals surface area contributed by atoms with Gasteiger partial charge in [0.2, 0.25) is 0 Å². The molecule has 0 aliphatic carbocycles. The molecule has 21 heavy (non-hydrogen) atoms. The topological polar surface area (TPSA) is 47.0 Å². The summed E-state index contributed by atoms with van der Waals surface area (Å²) in [5.74, 6) is 1.61. The number of halogens is 1. The first-order chi connectivity index (χ1) is 10.1. The van der Waals surface area contributed by atoms with Gasteiger partial charge in [-0.1, -0.05) is 24.9 Å². The number of anilines is 2. The van der Waals surface area contributed by atoms with Crippen molar-refractivity contribution < 1.29 is 4.74 Å². The number of benzene rings is 1. The Morgan fingerprint density at radius 2 is 1.90 bits per heavy atom. The van der Waals surface area contributed by atoms with Gasteiger partial charge in [0.1, 0.15) is 23.0 Å². The summed E-state index contributed by atoms with van der Waals surface area (Å²) >= 11 is 6.15. The third-order valence-corrected chi connectivity index (χ3v) is 3.21. The molecule has 1 aromatic heterocycles. The van der Waals surface area contributed by atoms with Crippen molar-refractivity contribution in [1.82, 2.24) is 9.97 Å². The second-order valence-corrected chi connectivity index (χ2v) is 5.42. The molecule has 0 unspecified atom stereocenters. The smallest absolute Gasteiger partial charge is 0.138 e. The van der Waals surface area contributed by atoms with Crippen LogP contribution in [0.3, 0.4) is 0 Å². The summed E-state index contributed by atoms with van der Waals surface area (Å²) in [6.07, 6.45) is 3.47. The quantitative estimate of drug-likeness (QED) is 0.791. The van der Waals surface area contributed by atoms with Crippen LogP contribution in [-0.2, 0) is 6.42 Å². The Hall–Kier alpha value is -1.81. The van der Waals surface area contributed by atoms with Gasteiger partial charge in [0.05, 0.1) is 6.10 Å². The Morgan fingerprint density at radius 3 is 2.52 bits per heavy atom. The highest BCUT2D eigenvalue weighted by molar-refractivity contribution is 6.30. The molecular formula is C16H20ClN3O. The Labute approximate surface area is 130 Å². The first-order valence-electron chi connectivity index (χ1n) is 7.13. The van der Waals surface area contributed by atoms with Gasteiger partial charge in [0.25, 0.3) is 0 Å².